The maximum absolute atomic E-state index is 5.80. The SMILES string of the molecule is Clc1ccc(Nc2nccc3cc(OCC4CC4)cnc23)cn1. The van der Waals surface area contributed by atoms with E-state index < -0.39 is 0 Å². The average molecular weight is 327 g/mol. The molecule has 3 aromatic heterocycles. The lowest BCUT2D eigenvalue weighted by Crippen LogP contribution is -2.00. The highest BCUT2D eigenvalue weighted by molar-refractivity contribution is 6.29. The number of aromatic nitrogens is 3. The summed E-state index contributed by atoms with van der Waals surface area (Å²) in [6.07, 6.45) is 7.70. The Morgan fingerprint density at radius 3 is 2.83 bits per heavy atom. The third-order valence-corrected chi connectivity index (χ3v) is 3.97. The van der Waals surface area contributed by atoms with Crippen molar-refractivity contribution in [2.24, 2.45) is 5.92 Å². The average Bonchev–Trinajstić information content (AvgIpc) is 3.39. The molecule has 1 aliphatic rings. The molecule has 1 fully saturated rings. The number of halogens is 1. The highest BCUT2D eigenvalue weighted by Crippen LogP contribution is 2.30. The highest BCUT2D eigenvalue weighted by Gasteiger charge is 2.22. The molecule has 3 aromatic rings. The highest BCUT2D eigenvalue weighted by atomic mass is 35.5. The Kier molecular flexibility index (Phi) is 3.71. The Balaban J connectivity index is 1.60. The van der Waals surface area contributed by atoms with Crippen molar-refractivity contribution in [2.75, 3.05) is 11.9 Å². The fraction of sp³-hybridized carbons (Fsp3) is 0.235. The van der Waals surface area contributed by atoms with Gasteiger partial charge in [-0.2, -0.15) is 0 Å². The minimum absolute atomic E-state index is 0.456. The van der Waals surface area contributed by atoms with Crippen LogP contribution in [0.5, 0.6) is 5.75 Å². The van der Waals surface area contributed by atoms with Crippen LogP contribution in [-0.4, -0.2) is 21.6 Å². The number of nitrogens with one attached hydrogen (secondary N) is 1. The van der Waals surface area contributed by atoms with E-state index in [1.54, 1.807) is 24.7 Å². The molecular weight excluding hydrogens is 312 g/mol. The monoisotopic (exact) mass is 326 g/mol. The quantitative estimate of drug-likeness (QED) is 0.712. The van der Waals surface area contributed by atoms with Crippen molar-refractivity contribution in [3.63, 3.8) is 0 Å². The van der Waals surface area contributed by atoms with Gasteiger partial charge in [-0.15, -0.1) is 0 Å². The van der Waals surface area contributed by atoms with Gasteiger partial charge in [-0.25, -0.2) is 15.0 Å². The lowest BCUT2D eigenvalue weighted by molar-refractivity contribution is 0.299. The third kappa shape index (κ3) is 3.35. The topological polar surface area (TPSA) is 59.9 Å². The van der Waals surface area contributed by atoms with E-state index >= 15 is 0 Å². The summed E-state index contributed by atoms with van der Waals surface area (Å²) in [6, 6.07) is 7.50. The number of hydrogen-bond acceptors (Lipinski definition) is 5. The van der Waals surface area contributed by atoms with E-state index in [2.05, 4.69) is 20.3 Å². The standard InChI is InChI=1S/C17H15ClN4O/c18-15-4-3-13(8-20-15)22-17-16-12(5-6-19-17)7-14(9-21-16)23-10-11-1-2-11/h3-9,11H,1-2,10H2,(H,19,22). The Labute approximate surface area is 138 Å². The summed E-state index contributed by atoms with van der Waals surface area (Å²) >= 11 is 5.80. The smallest absolute Gasteiger partial charge is 0.156 e. The second-order valence-electron chi connectivity index (χ2n) is 5.65. The van der Waals surface area contributed by atoms with Gasteiger partial charge in [0.25, 0.3) is 0 Å². The second kappa shape index (κ2) is 6.01. The molecular formula is C17H15ClN4O. The van der Waals surface area contributed by atoms with Crippen LogP contribution in [0.3, 0.4) is 0 Å². The summed E-state index contributed by atoms with van der Waals surface area (Å²) < 4.78 is 5.78. The maximum Gasteiger partial charge on any atom is 0.156 e. The molecule has 1 saturated carbocycles. The van der Waals surface area contributed by atoms with Gasteiger partial charge in [-0.1, -0.05) is 11.6 Å². The fourth-order valence-electron chi connectivity index (χ4n) is 2.30. The summed E-state index contributed by atoms with van der Waals surface area (Å²) in [4.78, 5) is 12.9. The summed E-state index contributed by atoms with van der Waals surface area (Å²) in [5.74, 6) is 2.20. The van der Waals surface area contributed by atoms with E-state index in [4.69, 9.17) is 16.3 Å². The number of anilines is 2. The summed E-state index contributed by atoms with van der Waals surface area (Å²) in [6.45, 7) is 0.778. The molecule has 116 valence electrons. The van der Waals surface area contributed by atoms with Crippen molar-refractivity contribution in [2.45, 2.75) is 12.8 Å². The van der Waals surface area contributed by atoms with Crippen LogP contribution in [0.15, 0.2) is 42.9 Å². The number of rotatable bonds is 5. The van der Waals surface area contributed by atoms with Crippen molar-refractivity contribution >= 4 is 34.0 Å². The number of nitrogens with zero attached hydrogens (tertiary/aromatic N) is 3. The van der Waals surface area contributed by atoms with E-state index in [1.165, 1.54) is 12.8 Å². The number of pyridine rings is 3. The van der Waals surface area contributed by atoms with E-state index in [0.717, 1.165) is 34.9 Å². The molecule has 0 atom stereocenters. The summed E-state index contributed by atoms with van der Waals surface area (Å²) in [5, 5.41) is 4.66. The largest absolute Gasteiger partial charge is 0.492 e. The molecule has 0 radical (unpaired) electrons. The molecule has 6 heteroatoms. The van der Waals surface area contributed by atoms with Gasteiger partial charge in [-0.05, 0) is 43.0 Å². The van der Waals surface area contributed by atoms with E-state index in [1.807, 2.05) is 18.2 Å². The lowest BCUT2D eigenvalue weighted by atomic mass is 10.2. The van der Waals surface area contributed by atoms with Gasteiger partial charge in [0.05, 0.1) is 24.7 Å². The lowest BCUT2D eigenvalue weighted by Gasteiger charge is -2.09. The minimum atomic E-state index is 0.456. The molecule has 1 N–H and O–H groups in total. The molecule has 0 aromatic carbocycles. The molecule has 0 unspecified atom stereocenters. The molecule has 0 amide bonds. The predicted molar refractivity (Wildman–Crippen MR) is 90.3 cm³/mol. The van der Waals surface area contributed by atoms with Gasteiger partial charge in [0.1, 0.15) is 16.4 Å². The van der Waals surface area contributed by atoms with Crippen molar-refractivity contribution in [3.05, 3.63) is 48.0 Å². The van der Waals surface area contributed by atoms with Crippen LogP contribution in [0.2, 0.25) is 5.15 Å². The summed E-state index contributed by atoms with van der Waals surface area (Å²) in [7, 11) is 0. The van der Waals surface area contributed by atoms with Crippen molar-refractivity contribution < 1.29 is 4.74 Å². The second-order valence-corrected chi connectivity index (χ2v) is 6.04. The minimum Gasteiger partial charge on any atom is -0.492 e. The molecule has 0 spiro atoms. The fourth-order valence-corrected chi connectivity index (χ4v) is 2.41. The van der Waals surface area contributed by atoms with Crippen LogP contribution in [0.25, 0.3) is 10.9 Å². The van der Waals surface area contributed by atoms with Crippen molar-refractivity contribution in [3.8, 4) is 5.75 Å². The van der Waals surface area contributed by atoms with Crippen LogP contribution < -0.4 is 10.1 Å². The van der Waals surface area contributed by atoms with Crippen LogP contribution in [-0.2, 0) is 0 Å². The third-order valence-electron chi connectivity index (χ3n) is 3.75. The van der Waals surface area contributed by atoms with Gasteiger partial charge >= 0.3 is 0 Å². The van der Waals surface area contributed by atoms with Crippen molar-refractivity contribution in [1.82, 2.24) is 15.0 Å². The summed E-state index contributed by atoms with van der Waals surface area (Å²) in [5.41, 5.74) is 1.60. The van der Waals surface area contributed by atoms with Gasteiger partial charge in [0.15, 0.2) is 5.82 Å². The van der Waals surface area contributed by atoms with Crippen LogP contribution in [0, 0.1) is 5.92 Å². The Bertz CT molecular complexity index is 834. The Hall–Kier alpha value is -2.40. The van der Waals surface area contributed by atoms with E-state index in [-0.39, 0.29) is 0 Å². The molecule has 23 heavy (non-hydrogen) atoms. The number of ether oxygens (including phenoxy) is 1. The molecule has 1 aliphatic carbocycles. The zero-order chi connectivity index (χ0) is 15.6. The zero-order valence-corrected chi connectivity index (χ0v) is 13.1. The molecule has 0 aliphatic heterocycles. The first-order valence-electron chi connectivity index (χ1n) is 7.54. The van der Waals surface area contributed by atoms with E-state index in [9.17, 15) is 0 Å². The molecule has 0 saturated heterocycles. The van der Waals surface area contributed by atoms with Gasteiger partial charge in [-0.3, -0.25) is 0 Å². The van der Waals surface area contributed by atoms with Crippen molar-refractivity contribution in [1.29, 1.82) is 0 Å². The Morgan fingerprint density at radius 1 is 1.13 bits per heavy atom. The molecule has 4 rings (SSSR count). The van der Waals surface area contributed by atoms with E-state index in [0.29, 0.717) is 11.0 Å². The molecule has 3 heterocycles. The number of fused-ring (bicyclic) bond motifs is 1. The zero-order valence-electron chi connectivity index (χ0n) is 12.4. The predicted octanol–water partition coefficient (Wildman–Crippen LogP) is 4.21. The van der Waals surface area contributed by atoms with Crippen LogP contribution in [0.4, 0.5) is 11.5 Å². The van der Waals surface area contributed by atoms with Gasteiger partial charge in [0, 0.05) is 11.6 Å². The Morgan fingerprint density at radius 2 is 2.04 bits per heavy atom. The van der Waals surface area contributed by atoms with Crippen LogP contribution in [0.1, 0.15) is 12.8 Å². The van der Waals surface area contributed by atoms with Gasteiger partial charge < -0.3 is 10.1 Å². The van der Waals surface area contributed by atoms with Crippen LogP contribution >= 0.6 is 11.6 Å². The molecule has 0 bridgehead atoms. The first-order chi connectivity index (χ1) is 11.3. The maximum atomic E-state index is 5.80. The van der Waals surface area contributed by atoms with Gasteiger partial charge in [0.2, 0.25) is 0 Å². The number of hydrogen-bond donors (Lipinski definition) is 1. The first-order valence-corrected chi connectivity index (χ1v) is 7.92. The molecule has 5 nitrogen and oxygen atoms in total. The normalized spacial score (nSPS) is 14.0. The first kappa shape index (κ1) is 14.2.